The lowest BCUT2D eigenvalue weighted by molar-refractivity contribution is -0.142. The van der Waals surface area contributed by atoms with Crippen molar-refractivity contribution >= 4 is 39.2 Å². The monoisotopic (exact) mass is 587 g/mol. The van der Waals surface area contributed by atoms with E-state index in [1.54, 1.807) is 18.6 Å². The SMILES string of the molecule is O=C(N[C@@H](Cc1cn(Cc2ccccc2)cn1)C(=O)O)C1CCN(c2cc(Br)c(F)cc2[N+]2([O-])CO2)CC1. The maximum Gasteiger partial charge on any atom is 0.326 e. The molecule has 0 bridgehead atoms. The average Bonchev–Trinajstić information content (AvgIpc) is 3.51. The standard InChI is InChI=1S/C26H27BrFN5O5/c27-20-11-23(24(12-21(20)28)33(37)16-38-33)32-8-6-18(7-9-32)25(34)30-22(26(35)36)10-19-14-31(15-29-19)13-17-4-2-1-3-5-17/h1-5,11-12,14-15,18,22H,6-10,13,16H2,(H,30,34)(H,35,36)/t22-,33?/m0/s1. The first-order chi connectivity index (χ1) is 18.2. The van der Waals surface area contributed by atoms with Crippen molar-refractivity contribution in [3.63, 3.8) is 0 Å². The van der Waals surface area contributed by atoms with Crippen molar-refractivity contribution in [1.29, 1.82) is 0 Å². The van der Waals surface area contributed by atoms with Gasteiger partial charge in [0.15, 0.2) is 5.69 Å². The van der Waals surface area contributed by atoms with Crippen LogP contribution < -0.4 is 15.0 Å². The van der Waals surface area contributed by atoms with Gasteiger partial charge in [0.05, 0.1) is 16.5 Å². The third kappa shape index (κ3) is 5.88. The second-order valence-corrected chi connectivity index (χ2v) is 10.4. The summed E-state index contributed by atoms with van der Waals surface area (Å²) < 4.78 is 16.2. The van der Waals surface area contributed by atoms with E-state index in [4.69, 9.17) is 4.84 Å². The average molecular weight is 588 g/mol. The van der Waals surface area contributed by atoms with Crippen molar-refractivity contribution in [2.24, 2.45) is 5.92 Å². The van der Waals surface area contributed by atoms with Gasteiger partial charge in [-0.2, -0.15) is 0 Å². The minimum Gasteiger partial charge on any atom is -0.591 e. The lowest BCUT2D eigenvalue weighted by atomic mass is 9.94. The minimum absolute atomic E-state index is 0.0676. The van der Waals surface area contributed by atoms with Crippen molar-refractivity contribution in [2.75, 3.05) is 24.7 Å². The quantitative estimate of drug-likeness (QED) is 0.223. The first kappa shape index (κ1) is 26.3. The number of piperidine rings is 1. The van der Waals surface area contributed by atoms with Crippen LogP contribution in [0.1, 0.15) is 24.1 Å². The molecule has 1 unspecified atom stereocenters. The molecule has 2 aliphatic heterocycles. The lowest BCUT2D eigenvalue weighted by Gasteiger charge is -2.34. The summed E-state index contributed by atoms with van der Waals surface area (Å²) in [7, 11) is 0. The molecule has 2 saturated heterocycles. The molecule has 1 aromatic heterocycles. The number of aromatic nitrogens is 2. The molecule has 2 N–H and O–H groups in total. The molecular formula is C26H27BrFN5O5. The number of amides is 1. The summed E-state index contributed by atoms with van der Waals surface area (Å²) in [5, 5.41) is 24.9. The van der Waals surface area contributed by atoms with E-state index in [9.17, 15) is 24.3 Å². The van der Waals surface area contributed by atoms with Crippen LogP contribution in [0.25, 0.3) is 0 Å². The number of carbonyl (C=O) groups is 2. The van der Waals surface area contributed by atoms with Crippen molar-refractivity contribution in [2.45, 2.75) is 31.8 Å². The molecule has 0 aliphatic carbocycles. The number of anilines is 1. The van der Waals surface area contributed by atoms with Crippen LogP contribution >= 0.6 is 15.9 Å². The molecule has 2 aliphatic rings. The number of halogens is 2. The molecule has 2 fully saturated rings. The Labute approximate surface area is 226 Å². The normalized spacial score (nSPS) is 20.2. The first-order valence-electron chi connectivity index (χ1n) is 12.3. The highest BCUT2D eigenvalue weighted by Gasteiger charge is 2.43. The fraction of sp³-hybridized carbons (Fsp3) is 0.346. The van der Waals surface area contributed by atoms with Gasteiger partial charge < -0.3 is 25.1 Å². The second-order valence-electron chi connectivity index (χ2n) is 9.57. The van der Waals surface area contributed by atoms with Gasteiger partial charge in [0.1, 0.15) is 17.5 Å². The molecule has 10 nitrogen and oxygen atoms in total. The first-order valence-corrected chi connectivity index (χ1v) is 13.1. The van der Waals surface area contributed by atoms with Gasteiger partial charge in [-0.1, -0.05) is 30.3 Å². The molecule has 3 aromatic rings. The van der Waals surface area contributed by atoms with Crippen LogP contribution in [0.15, 0.2) is 59.5 Å². The van der Waals surface area contributed by atoms with E-state index in [0.29, 0.717) is 43.9 Å². The number of hydrogen-bond donors (Lipinski definition) is 2. The van der Waals surface area contributed by atoms with E-state index in [2.05, 4.69) is 26.2 Å². The Balaban J connectivity index is 1.18. The molecule has 2 aromatic carbocycles. The number of nitrogens with one attached hydrogen (secondary N) is 1. The molecule has 0 saturated carbocycles. The smallest absolute Gasteiger partial charge is 0.326 e. The number of carbonyl (C=O) groups excluding carboxylic acids is 1. The van der Waals surface area contributed by atoms with E-state index in [1.165, 1.54) is 6.07 Å². The number of imidazole rings is 1. The Morgan fingerprint density at radius 3 is 2.63 bits per heavy atom. The zero-order valence-corrected chi connectivity index (χ0v) is 22.0. The molecule has 1 amide bonds. The van der Waals surface area contributed by atoms with Crippen molar-refractivity contribution in [3.05, 3.63) is 81.7 Å². The summed E-state index contributed by atoms with van der Waals surface area (Å²) >= 11 is 3.18. The Bertz CT molecular complexity index is 1320. The maximum atomic E-state index is 14.1. The van der Waals surface area contributed by atoms with E-state index in [-0.39, 0.29) is 35.1 Å². The number of hydrogen-bond acceptors (Lipinski definition) is 6. The van der Waals surface area contributed by atoms with Gasteiger partial charge in [-0.15, -0.1) is 9.65 Å². The summed E-state index contributed by atoms with van der Waals surface area (Å²) in [6.45, 7) is 1.44. The number of hydroxylamine groups is 2. The summed E-state index contributed by atoms with van der Waals surface area (Å²) in [5.74, 6) is -2.39. The number of quaternary nitrogens is 1. The molecule has 38 heavy (non-hydrogen) atoms. The summed E-state index contributed by atoms with van der Waals surface area (Å²) in [4.78, 5) is 35.1. The van der Waals surface area contributed by atoms with Gasteiger partial charge in [0.2, 0.25) is 5.91 Å². The van der Waals surface area contributed by atoms with E-state index < -0.39 is 22.6 Å². The highest BCUT2D eigenvalue weighted by molar-refractivity contribution is 9.10. The summed E-state index contributed by atoms with van der Waals surface area (Å²) in [6.07, 6.45) is 4.42. The molecule has 0 spiro atoms. The molecule has 5 rings (SSSR count). The van der Waals surface area contributed by atoms with Crippen molar-refractivity contribution < 1.29 is 23.9 Å². The summed E-state index contributed by atoms with van der Waals surface area (Å²) in [6, 6.07) is 11.5. The van der Waals surface area contributed by atoms with Gasteiger partial charge in [0.25, 0.3) is 6.73 Å². The van der Waals surface area contributed by atoms with Gasteiger partial charge in [-0.25, -0.2) is 14.2 Å². The van der Waals surface area contributed by atoms with Crippen molar-refractivity contribution in [1.82, 2.24) is 19.7 Å². The zero-order valence-electron chi connectivity index (χ0n) is 20.4. The third-order valence-electron chi connectivity index (χ3n) is 6.88. The highest BCUT2D eigenvalue weighted by atomic mass is 79.9. The Hall–Kier alpha value is -3.32. The second kappa shape index (κ2) is 10.8. The van der Waals surface area contributed by atoms with Crippen LogP contribution in [-0.2, 0) is 27.4 Å². The van der Waals surface area contributed by atoms with Crippen LogP contribution in [0.5, 0.6) is 0 Å². The fourth-order valence-electron chi connectivity index (χ4n) is 4.72. The number of aliphatic carboxylic acids is 1. The predicted octanol–water partition coefficient (Wildman–Crippen LogP) is 3.57. The van der Waals surface area contributed by atoms with Crippen LogP contribution in [-0.4, -0.2) is 52.4 Å². The number of rotatable bonds is 9. The van der Waals surface area contributed by atoms with Gasteiger partial charge in [0, 0.05) is 44.2 Å². The molecule has 200 valence electrons. The highest BCUT2D eigenvalue weighted by Crippen LogP contribution is 2.43. The maximum absolute atomic E-state index is 14.1. The lowest BCUT2D eigenvalue weighted by Crippen LogP contribution is -2.47. The third-order valence-corrected chi connectivity index (χ3v) is 7.48. The number of nitrogens with zero attached hydrogens (tertiary/aromatic N) is 4. The molecule has 2 atom stereocenters. The van der Waals surface area contributed by atoms with E-state index in [0.717, 1.165) is 5.56 Å². The van der Waals surface area contributed by atoms with Crippen LogP contribution in [0.4, 0.5) is 15.8 Å². The molecule has 3 heterocycles. The van der Waals surface area contributed by atoms with E-state index >= 15 is 0 Å². The Kier molecular flexibility index (Phi) is 7.48. The molecule has 12 heteroatoms. The predicted molar refractivity (Wildman–Crippen MR) is 141 cm³/mol. The zero-order chi connectivity index (χ0) is 26.9. The van der Waals surface area contributed by atoms with Gasteiger partial charge >= 0.3 is 5.97 Å². The number of benzene rings is 2. The fourth-order valence-corrected chi connectivity index (χ4v) is 5.05. The largest absolute Gasteiger partial charge is 0.591 e. The van der Waals surface area contributed by atoms with Crippen LogP contribution in [0.3, 0.4) is 0 Å². The van der Waals surface area contributed by atoms with Gasteiger partial charge in [-0.05, 0) is 40.4 Å². The van der Waals surface area contributed by atoms with E-state index in [1.807, 2.05) is 39.8 Å². The van der Waals surface area contributed by atoms with Crippen LogP contribution in [0.2, 0.25) is 0 Å². The number of carboxylic acids is 1. The minimum atomic E-state index is -1.13. The van der Waals surface area contributed by atoms with Crippen molar-refractivity contribution in [3.8, 4) is 0 Å². The Morgan fingerprint density at radius 2 is 1.97 bits per heavy atom. The number of carboxylic acid groups (broad SMARTS) is 1. The summed E-state index contributed by atoms with van der Waals surface area (Å²) in [5.41, 5.74) is 2.41. The molecule has 0 radical (unpaired) electrons. The molecular weight excluding hydrogens is 561 g/mol. The van der Waals surface area contributed by atoms with Crippen LogP contribution in [0, 0.1) is 16.9 Å². The van der Waals surface area contributed by atoms with Gasteiger partial charge in [-0.3, -0.25) is 4.79 Å². The Morgan fingerprint density at radius 1 is 1.26 bits per heavy atom. The topological polar surface area (TPSA) is 123 Å².